The lowest BCUT2D eigenvalue weighted by atomic mass is 10.0. The van der Waals surface area contributed by atoms with Gasteiger partial charge in [0.1, 0.15) is 6.04 Å². The molecule has 0 unspecified atom stereocenters. The van der Waals surface area contributed by atoms with Crippen LogP contribution in [0.5, 0.6) is 0 Å². The molecule has 2 amide bonds. The molecule has 1 saturated carbocycles. The largest absolute Gasteiger partial charge is 0.342 e. The topological polar surface area (TPSA) is 76.4 Å². The molecule has 120 valence electrons. The van der Waals surface area contributed by atoms with Gasteiger partial charge < -0.3 is 15.1 Å². The van der Waals surface area contributed by atoms with E-state index in [1.807, 2.05) is 4.90 Å². The average molecular weight is 304 g/mol. The third-order valence-corrected chi connectivity index (χ3v) is 5.46. The normalized spacial score (nSPS) is 33.8. The summed E-state index contributed by atoms with van der Waals surface area (Å²) in [4.78, 5) is 27.3. The Morgan fingerprint density at radius 3 is 2.55 bits per heavy atom. The zero-order valence-corrected chi connectivity index (χ0v) is 13.1. The molecular weight excluding hydrogens is 280 g/mol. The van der Waals surface area contributed by atoms with Crippen molar-refractivity contribution < 1.29 is 9.59 Å². The number of amides is 2. The van der Waals surface area contributed by atoms with Crippen molar-refractivity contribution in [3.05, 3.63) is 0 Å². The van der Waals surface area contributed by atoms with Gasteiger partial charge in [-0.3, -0.25) is 9.59 Å². The molecule has 3 fully saturated rings. The third-order valence-electron chi connectivity index (χ3n) is 5.46. The van der Waals surface area contributed by atoms with E-state index in [1.54, 1.807) is 11.8 Å². The Kier molecular flexibility index (Phi) is 4.34. The summed E-state index contributed by atoms with van der Waals surface area (Å²) in [5.41, 5.74) is 0. The monoisotopic (exact) mass is 304 g/mol. The number of nitrogens with one attached hydrogen (secondary N) is 1. The number of nitriles is 1. The van der Waals surface area contributed by atoms with Gasteiger partial charge in [-0.2, -0.15) is 5.26 Å². The van der Waals surface area contributed by atoms with Crippen LogP contribution in [0.25, 0.3) is 0 Å². The van der Waals surface area contributed by atoms with Gasteiger partial charge >= 0.3 is 0 Å². The molecule has 4 atom stereocenters. The lowest BCUT2D eigenvalue weighted by molar-refractivity contribution is -0.130. The van der Waals surface area contributed by atoms with Gasteiger partial charge in [0.15, 0.2) is 0 Å². The fourth-order valence-electron chi connectivity index (χ4n) is 4.26. The summed E-state index contributed by atoms with van der Waals surface area (Å²) >= 11 is 0. The van der Waals surface area contributed by atoms with Crippen LogP contribution in [0, 0.1) is 23.2 Å². The van der Waals surface area contributed by atoms with Gasteiger partial charge in [0.25, 0.3) is 0 Å². The summed E-state index contributed by atoms with van der Waals surface area (Å²) in [5.74, 6) is 1.38. The Hall–Kier alpha value is -1.61. The van der Waals surface area contributed by atoms with Gasteiger partial charge in [-0.15, -0.1) is 0 Å². The average Bonchev–Trinajstić information content (AvgIpc) is 3.17. The molecule has 6 nitrogen and oxygen atoms in total. The minimum atomic E-state index is -0.235. The minimum absolute atomic E-state index is 0.0477. The van der Waals surface area contributed by atoms with E-state index >= 15 is 0 Å². The SMILES string of the molecule is CC(=O)N1C[C@H]2C[C@@H](NCC(=O)N3CCC[C@H]3C#N)C[C@H]2C1. The van der Waals surface area contributed by atoms with E-state index in [-0.39, 0.29) is 17.9 Å². The Balaban J connectivity index is 1.44. The molecule has 2 saturated heterocycles. The van der Waals surface area contributed by atoms with E-state index in [9.17, 15) is 9.59 Å². The predicted octanol–water partition coefficient (Wildman–Crippen LogP) is 0.347. The summed E-state index contributed by atoms with van der Waals surface area (Å²) in [5, 5.41) is 12.4. The van der Waals surface area contributed by atoms with E-state index in [4.69, 9.17) is 5.26 Å². The molecule has 3 aliphatic rings. The fourth-order valence-corrected chi connectivity index (χ4v) is 4.26. The Bertz CT molecular complexity index is 487. The van der Waals surface area contributed by atoms with Crippen molar-refractivity contribution in [1.29, 1.82) is 5.26 Å². The molecule has 0 radical (unpaired) electrons. The lowest BCUT2D eigenvalue weighted by Gasteiger charge is -2.22. The summed E-state index contributed by atoms with van der Waals surface area (Å²) in [7, 11) is 0. The Morgan fingerprint density at radius 2 is 1.95 bits per heavy atom. The highest BCUT2D eigenvalue weighted by Crippen LogP contribution is 2.38. The van der Waals surface area contributed by atoms with E-state index in [2.05, 4.69) is 11.4 Å². The summed E-state index contributed by atoms with van der Waals surface area (Å²) in [6.07, 6.45) is 3.82. The summed E-state index contributed by atoms with van der Waals surface area (Å²) in [6.45, 7) is 4.42. The summed E-state index contributed by atoms with van der Waals surface area (Å²) < 4.78 is 0. The number of nitrogens with zero attached hydrogens (tertiary/aromatic N) is 3. The van der Waals surface area contributed by atoms with E-state index < -0.39 is 0 Å². The molecule has 0 aromatic carbocycles. The molecule has 1 N–H and O–H groups in total. The first-order valence-electron chi connectivity index (χ1n) is 8.26. The van der Waals surface area contributed by atoms with Gasteiger partial charge in [0, 0.05) is 32.6 Å². The van der Waals surface area contributed by atoms with Crippen molar-refractivity contribution in [2.24, 2.45) is 11.8 Å². The second-order valence-electron chi connectivity index (χ2n) is 6.87. The van der Waals surface area contributed by atoms with Crippen molar-refractivity contribution in [2.75, 3.05) is 26.2 Å². The molecular formula is C16H24N4O2. The molecule has 22 heavy (non-hydrogen) atoms. The molecule has 3 rings (SSSR count). The van der Waals surface area contributed by atoms with Crippen LogP contribution in [0.1, 0.15) is 32.6 Å². The maximum atomic E-state index is 12.2. The third kappa shape index (κ3) is 2.95. The van der Waals surface area contributed by atoms with Crippen LogP contribution >= 0.6 is 0 Å². The molecule has 0 aromatic rings. The van der Waals surface area contributed by atoms with E-state index in [0.717, 1.165) is 38.8 Å². The smallest absolute Gasteiger partial charge is 0.237 e. The Labute approximate surface area is 131 Å². The second kappa shape index (κ2) is 6.25. The quantitative estimate of drug-likeness (QED) is 0.816. The number of fused-ring (bicyclic) bond motifs is 1. The fraction of sp³-hybridized carbons (Fsp3) is 0.812. The molecule has 0 aromatic heterocycles. The molecule has 2 aliphatic heterocycles. The van der Waals surface area contributed by atoms with Gasteiger partial charge in [-0.1, -0.05) is 0 Å². The molecule has 2 heterocycles. The highest BCUT2D eigenvalue weighted by atomic mass is 16.2. The van der Waals surface area contributed by atoms with Crippen LogP contribution in [0.4, 0.5) is 0 Å². The van der Waals surface area contributed by atoms with Gasteiger partial charge in [-0.25, -0.2) is 0 Å². The number of hydrogen-bond acceptors (Lipinski definition) is 4. The maximum absolute atomic E-state index is 12.2. The predicted molar refractivity (Wildman–Crippen MR) is 80.6 cm³/mol. The molecule has 6 heteroatoms. The highest BCUT2D eigenvalue weighted by Gasteiger charge is 2.41. The number of likely N-dealkylation sites (tertiary alicyclic amines) is 2. The number of rotatable bonds is 3. The first-order valence-corrected chi connectivity index (χ1v) is 8.26. The van der Waals surface area contributed by atoms with Crippen molar-refractivity contribution in [3.8, 4) is 6.07 Å². The van der Waals surface area contributed by atoms with Crippen LogP contribution in [-0.4, -0.2) is 59.9 Å². The van der Waals surface area contributed by atoms with E-state index in [1.165, 1.54) is 0 Å². The lowest BCUT2D eigenvalue weighted by Crippen LogP contribution is -2.43. The molecule has 0 spiro atoms. The standard InChI is InChI=1S/C16H24N4O2/c1-11(21)19-9-12-5-14(6-13(12)10-19)18-8-16(22)20-4-2-3-15(20)7-17/h12-15,18H,2-6,8-10H2,1H3/t12-,13+,14-,15-/m0/s1. The van der Waals surface area contributed by atoms with Crippen molar-refractivity contribution >= 4 is 11.8 Å². The van der Waals surface area contributed by atoms with Crippen molar-refractivity contribution in [2.45, 2.75) is 44.7 Å². The zero-order valence-electron chi connectivity index (χ0n) is 13.1. The minimum Gasteiger partial charge on any atom is -0.342 e. The van der Waals surface area contributed by atoms with Crippen LogP contribution in [-0.2, 0) is 9.59 Å². The van der Waals surface area contributed by atoms with Crippen LogP contribution < -0.4 is 5.32 Å². The summed E-state index contributed by atoms with van der Waals surface area (Å²) in [6, 6.07) is 2.35. The first kappa shape index (κ1) is 15.3. The van der Waals surface area contributed by atoms with Crippen molar-refractivity contribution in [1.82, 2.24) is 15.1 Å². The Morgan fingerprint density at radius 1 is 1.27 bits per heavy atom. The van der Waals surface area contributed by atoms with Crippen molar-refractivity contribution in [3.63, 3.8) is 0 Å². The number of carbonyl (C=O) groups excluding carboxylic acids is 2. The van der Waals surface area contributed by atoms with Gasteiger partial charge in [0.2, 0.25) is 11.8 Å². The highest BCUT2D eigenvalue weighted by molar-refractivity contribution is 5.79. The number of hydrogen-bond donors (Lipinski definition) is 1. The zero-order chi connectivity index (χ0) is 15.7. The first-order chi connectivity index (χ1) is 10.6. The molecule has 0 bridgehead atoms. The maximum Gasteiger partial charge on any atom is 0.237 e. The molecule has 1 aliphatic carbocycles. The second-order valence-corrected chi connectivity index (χ2v) is 6.87. The van der Waals surface area contributed by atoms with Gasteiger partial charge in [0.05, 0.1) is 12.6 Å². The van der Waals surface area contributed by atoms with Crippen LogP contribution in [0.15, 0.2) is 0 Å². The van der Waals surface area contributed by atoms with E-state index in [0.29, 0.717) is 31.0 Å². The number of carbonyl (C=O) groups is 2. The van der Waals surface area contributed by atoms with Gasteiger partial charge in [-0.05, 0) is 37.5 Å². The van der Waals surface area contributed by atoms with Crippen LogP contribution in [0.2, 0.25) is 0 Å². The van der Waals surface area contributed by atoms with Crippen LogP contribution in [0.3, 0.4) is 0 Å².